The van der Waals surface area contributed by atoms with Gasteiger partial charge in [-0.25, -0.2) is 0 Å². The lowest BCUT2D eigenvalue weighted by molar-refractivity contribution is 1.67. The fourth-order valence-corrected chi connectivity index (χ4v) is 2.62. The first-order valence-electron chi connectivity index (χ1n) is 4.95. The largest absolute Gasteiger partial charge is 0.0616 e. The summed E-state index contributed by atoms with van der Waals surface area (Å²) in [6.07, 6.45) is 0. The van der Waals surface area contributed by atoms with Crippen LogP contribution in [0.15, 0.2) is 36.4 Å². The summed E-state index contributed by atoms with van der Waals surface area (Å²) in [4.78, 5) is 0. The molecule has 0 bridgehead atoms. The van der Waals surface area contributed by atoms with Crippen molar-refractivity contribution in [3.63, 3.8) is 0 Å². The third kappa shape index (κ3) is 3.51. The molecule has 0 atom stereocenters. The minimum atomic E-state index is 1.06. The molecule has 0 nitrogen and oxygen atoms in total. The van der Waals surface area contributed by atoms with Crippen molar-refractivity contribution in [1.29, 1.82) is 0 Å². The zero-order valence-corrected chi connectivity index (χ0v) is 15.0. The molecule has 2 aromatic carbocycles. The van der Waals surface area contributed by atoms with Crippen molar-refractivity contribution in [3.05, 3.63) is 47.5 Å². The summed E-state index contributed by atoms with van der Waals surface area (Å²) in [6, 6.07) is 12.4. The maximum atomic E-state index is 3.17. The van der Waals surface area contributed by atoms with Crippen LogP contribution in [0.5, 0.6) is 0 Å². The Bertz CT molecular complexity index is 627. The Balaban J connectivity index is 2.66. The van der Waals surface area contributed by atoms with Gasteiger partial charge in [0.2, 0.25) is 0 Å². The van der Waals surface area contributed by atoms with Gasteiger partial charge in [-0.15, -0.1) is 0 Å². The van der Waals surface area contributed by atoms with E-state index in [1.807, 2.05) is 24.3 Å². The number of fused-ring (bicyclic) bond motifs is 1. The summed E-state index contributed by atoms with van der Waals surface area (Å²) in [6.45, 7) is 0. The summed E-state index contributed by atoms with van der Waals surface area (Å²) >= 11 is 4.36. The SMILES string of the molecule is ISC#Cc1ccc(C#CSI)c2ccccc12. The van der Waals surface area contributed by atoms with Crippen LogP contribution in [0.25, 0.3) is 10.8 Å². The standard InChI is InChI=1S/C14H6I2S2/c15-17-9-7-11-5-6-12(8-10-18-16)14-4-2-1-3-13(11)14/h1-6H. The predicted molar refractivity (Wildman–Crippen MR) is 101 cm³/mol. The van der Waals surface area contributed by atoms with E-state index in [9.17, 15) is 0 Å². The van der Waals surface area contributed by atoms with Crippen molar-refractivity contribution in [2.24, 2.45) is 0 Å². The van der Waals surface area contributed by atoms with Gasteiger partial charge >= 0.3 is 0 Å². The van der Waals surface area contributed by atoms with E-state index < -0.39 is 0 Å². The summed E-state index contributed by atoms with van der Waals surface area (Å²) in [5, 5.41) is 8.40. The van der Waals surface area contributed by atoms with E-state index in [1.165, 1.54) is 28.6 Å². The molecule has 18 heavy (non-hydrogen) atoms. The van der Waals surface area contributed by atoms with Crippen LogP contribution >= 0.6 is 60.3 Å². The van der Waals surface area contributed by atoms with Gasteiger partial charge < -0.3 is 0 Å². The summed E-state index contributed by atoms with van der Waals surface area (Å²) in [5.74, 6) is 6.34. The van der Waals surface area contributed by atoms with E-state index in [0.29, 0.717) is 0 Å². The fraction of sp³-hybridized carbons (Fsp3) is 0. The molecule has 0 heterocycles. The van der Waals surface area contributed by atoms with E-state index >= 15 is 0 Å². The second-order valence-electron chi connectivity index (χ2n) is 3.31. The molecule has 0 radical (unpaired) electrons. The number of hydrogen-bond acceptors (Lipinski definition) is 2. The van der Waals surface area contributed by atoms with E-state index in [-0.39, 0.29) is 0 Å². The molecular formula is C14H6I2S2. The number of halogens is 2. The third-order valence-electron chi connectivity index (χ3n) is 2.37. The van der Waals surface area contributed by atoms with Gasteiger partial charge in [0, 0.05) is 53.5 Å². The Hall–Kier alpha value is -0.0200. The second-order valence-corrected chi connectivity index (χ2v) is 6.67. The molecule has 0 N–H and O–H groups in total. The fourth-order valence-electron chi connectivity index (χ4n) is 1.67. The monoisotopic (exact) mass is 492 g/mol. The number of hydrogen-bond donors (Lipinski definition) is 0. The summed E-state index contributed by atoms with van der Waals surface area (Å²) < 4.78 is 0. The average Bonchev–Trinajstić information content (AvgIpc) is 2.43. The molecule has 88 valence electrons. The highest BCUT2D eigenvalue weighted by Gasteiger charge is 2.02. The highest BCUT2D eigenvalue weighted by atomic mass is 127. The smallest absolute Gasteiger partial charge is 0.0333 e. The number of rotatable bonds is 0. The Kier molecular flexibility index (Phi) is 6.03. The molecule has 0 spiro atoms. The summed E-state index contributed by atoms with van der Waals surface area (Å²) in [5.41, 5.74) is 2.12. The van der Waals surface area contributed by atoms with Crippen LogP contribution in [0, 0.1) is 22.3 Å². The van der Waals surface area contributed by atoms with Crippen LogP contribution in [-0.4, -0.2) is 0 Å². The quantitative estimate of drug-likeness (QED) is 0.346. The van der Waals surface area contributed by atoms with Crippen molar-refractivity contribution in [1.82, 2.24) is 0 Å². The van der Waals surface area contributed by atoms with Crippen LogP contribution in [0.3, 0.4) is 0 Å². The minimum Gasteiger partial charge on any atom is -0.0616 e. The van der Waals surface area contributed by atoms with Crippen molar-refractivity contribution in [2.45, 2.75) is 0 Å². The van der Waals surface area contributed by atoms with Crippen LogP contribution < -0.4 is 0 Å². The highest BCUT2D eigenvalue weighted by molar-refractivity contribution is 14.2. The highest BCUT2D eigenvalue weighted by Crippen LogP contribution is 2.23. The predicted octanol–water partition coefficient (Wildman–Crippen LogP) is 5.62. The van der Waals surface area contributed by atoms with Crippen molar-refractivity contribution in [2.75, 3.05) is 0 Å². The van der Waals surface area contributed by atoms with Crippen molar-refractivity contribution >= 4 is 71.0 Å². The minimum absolute atomic E-state index is 1.06. The molecule has 4 heteroatoms. The average molecular weight is 492 g/mol. The zero-order chi connectivity index (χ0) is 12.8. The van der Waals surface area contributed by atoms with Gasteiger partial charge in [-0.2, -0.15) is 0 Å². The molecular weight excluding hydrogens is 486 g/mol. The van der Waals surface area contributed by atoms with Crippen LogP contribution in [-0.2, 0) is 0 Å². The van der Waals surface area contributed by atoms with Crippen molar-refractivity contribution < 1.29 is 0 Å². The Morgan fingerprint density at radius 1 is 0.722 bits per heavy atom. The Labute approximate surface area is 139 Å². The molecule has 0 aliphatic rings. The third-order valence-corrected chi connectivity index (χ3v) is 4.05. The van der Waals surface area contributed by atoms with Gasteiger partial charge in [-0.05, 0) is 51.3 Å². The molecule has 0 saturated carbocycles. The lowest BCUT2D eigenvalue weighted by Gasteiger charge is -2.03. The molecule has 0 amide bonds. The normalized spacial score (nSPS) is 9.22. The maximum Gasteiger partial charge on any atom is 0.0333 e. The van der Waals surface area contributed by atoms with E-state index in [4.69, 9.17) is 0 Å². The first-order chi connectivity index (χ1) is 8.86. The van der Waals surface area contributed by atoms with E-state index in [0.717, 1.165) is 11.1 Å². The molecule has 2 aromatic rings. The van der Waals surface area contributed by atoms with Gasteiger partial charge in [0.15, 0.2) is 0 Å². The van der Waals surface area contributed by atoms with E-state index in [1.54, 1.807) is 0 Å². The first kappa shape index (κ1) is 14.4. The van der Waals surface area contributed by atoms with Crippen LogP contribution in [0.1, 0.15) is 11.1 Å². The summed E-state index contributed by atoms with van der Waals surface area (Å²) in [7, 11) is 3.00. The van der Waals surface area contributed by atoms with E-state index in [2.05, 4.69) is 76.9 Å². The van der Waals surface area contributed by atoms with Gasteiger partial charge in [-0.3, -0.25) is 0 Å². The molecule has 0 unspecified atom stereocenters. The zero-order valence-electron chi connectivity index (χ0n) is 9.04. The van der Waals surface area contributed by atoms with Gasteiger partial charge in [0.05, 0.1) is 0 Å². The van der Waals surface area contributed by atoms with Crippen LogP contribution in [0.4, 0.5) is 0 Å². The molecule has 0 aliphatic heterocycles. The molecule has 2 rings (SSSR count). The number of benzene rings is 2. The van der Waals surface area contributed by atoms with Crippen molar-refractivity contribution in [3.8, 4) is 22.3 Å². The maximum absolute atomic E-state index is 3.17. The lowest BCUT2D eigenvalue weighted by atomic mass is 10.0. The topological polar surface area (TPSA) is 0 Å². The van der Waals surface area contributed by atoms with Gasteiger partial charge in [-0.1, -0.05) is 36.1 Å². The molecule has 0 saturated heterocycles. The Morgan fingerprint density at radius 2 is 1.17 bits per heavy atom. The van der Waals surface area contributed by atoms with Gasteiger partial charge in [0.25, 0.3) is 0 Å². The molecule has 0 aromatic heterocycles. The first-order valence-corrected chi connectivity index (χ1v) is 11.7. The van der Waals surface area contributed by atoms with Crippen LogP contribution in [0.2, 0.25) is 0 Å². The lowest BCUT2D eigenvalue weighted by Crippen LogP contribution is -1.84. The van der Waals surface area contributed by atoms with Gasteiger partial charge in [0.1, 0.15) is 0 Å². The molecule has 0 aliphatic carbocycles. The Morgan fingerprint density at radius 3 is 1.56 bits per heavy atom. The molecule has 0 fully saturated rings. The second kappa shape index (κ2) is 7.54.